The first kappa shape index (κ1) is 28.6. The van der Waals surface area contributed by atoms with Crippen LogP contribution in [0.1, 0.15) is 31.9 Å². The van der Waals surface area contributed by atoms with Gasteiger partial charge in [0.25, 0.3) is 0 Å². The molecular formula is C34H40NO3Si. The van der Waals surface area contributed by atoms with Gasteiger partial charge in [-0.15, -0.1) is 0 Å². The van der Waals surface area contributed by atoms with Crippen molar-refractivity contribution in [3.8, 4) is 0 Å². The first-order valence-electron chi connectivity index (χ1n) is 13.7. The Morgan fingerprint density at radius 3 is 1.82 bits per heavy atom. The average Bonchev–Trinajstić information content (AvgIpc) is 2.88. The minimum atomic E-state index is -1.02. The number of rotatable bonds is 10. The number of carbonyl (C=O) groups is 1. The van der Waals surface area contributed by atoms with Crippen molar-refractivity contribution in [3.05, 3.63) is 108 Å². The van der Waals surface area contributed by atoms with E-state index < -0.39 is 15.1 Å². The second-order valence-corrected chi connectivity index (χ2v) is 13.7. The lowest BCUT2D eigenvalue weighted by Crippen LogP contribution is -2.40. The highest BCUT2D eigenvalue weighted by molar-refractivity contribution is 6.48. The van der Waals surface area contributed by atoms with Crippen molar-refractivity contribution >= 4 is 36.7 Å². The van der Waals surface area contributed by atoms with E-state index in [1.165, 1.54) is 21.7 Å². The summed E-state index contributed by atoms with van der Waals surface area (Å²) in [7, 11) is -0.955. The molecule has 5 heteroatoms. The molecule has 2 N–H and O–H groups in total. The van der Waals surface area contributed by atoms with Crippen LogP contribution in [0.4, 0.5) is 4.79 Å². The van der Waals surface area contributed by atoms with Crippen molar-refractivity contribution < 1.29 is 14.3 Å². The van der Waals surface area contributed by atoms with Crippen LogP contribution in [-0.2, 0) is 17.3 Å². The van der Waals surface area contributed by atoms with Crippen LogP contribution >= 0.6 is 0 Å². The standard InChI is InChI=1S/C34H40NO3Si/c1-34(2,3)32(38-39(4)5)30(22-24-14-16-26-10-6-8-12-28(26)20-24)18-19-31(35-33(36)37)23-25-15-17-27-11-7-9-13-29(27)21-25/h6-21,30-32,35H,22-23H2,1-5H3,(H,36,37)/t30?,31-,32?/m0/s1. The Morgan fingerprint density at radius 1 is 0.821 bits per heavy atom. The van der Waals surface area contributed by atoms with Gasteiger partial charge in [-0.1, -0.05) is 118 Å². The van der Waals surface area contributed by atoms with Gasteiger partial charge in [0.1, 0.15) is 0 Å². The monoisotopic (exact) mass is 538 g/mol. The minimum absolute atomic E-state index is 0.00439. The highest BCUT2D eigenvalue weighted by atomic mass is 28.3. The summed E-state index contributed by atoms with van der Waals surface area (Å²) in [5.41, 5.74) is 2.26. The molecule has 0 spiro atoms. The smallest absolute Gasteiger partial charge is 0.405 e. The molecular weight excluding hydrogens is 498 g/mol. The van der Waals surface area contributed by atoms with Gasteiger partial charge in [-0.3, -0.25) is 0 Å². The average molecular weight is 539 g/mol. The van der Waals surface area contributed by atoms with Crippen molar-refractivity contribution in [2.75, 3.05) is 0 Å². The number of hydrogen-bond acceptors (Lipinski definition) is 2. The lowest BCUT2D eigenvalue weighted by Gasteiger charge is -2.37. The molecule has 0 aliphatic heterocycles. The van der Waals surface area contributed by atoms with E-state index in [1.807, 2.05) is 18.2 Å². The molecule has 0 saturated carbocycles. The highest BCUT2D eigenvalue weighted by Crippen LogP contribution is 2.33. The SMILES string of the molecule is C[Si](C)OC(C(C=C[C@@H](Cc1ccc2ccccc2c1)NC(=O)O)Cc1ccc2ccccc2c1)C(C)(C)C. The fraction of sp³-hybridized carbons (Fsp3) is 0.324. The molecule has 4 aromatic carbocycles. The van der Waals surface area contributed by atoms with Crippen molar-refractivity contribution in [1.82, 2.24) is 5.32 Å². The quantitative estimate of drug-likeness (QED) is 0.158. The van der Waals surface area contributed by atoms with Gasteiger partial charge in [-0.05, 0) is 64.0 Å². The molecule has 4 rings (SSSR count). The summed E-state index contributed by atoms with van der Waals surface area (Å²) < 4.78 is 6.63. The first-order valence-corrected chi connectivity index (χ1v) is 16.1. The first-order chi connectivity index (χ1) is 18.6. The van der Waals surface area contributed by atoms with Crippen molar-refractivity contribution in [2.45, 2.75) is 58.9 Å². The van der Waals surface area contributed by atoms with Crippen molar-refractivity contribution in [2.24, 2.45) is 11.3 Å². The molecule has 0 saturated heterocycles. The highest BCUT2D eigenvalue weighted by Gasteiger charge is 2.33. The molecule has 4 nitrogen and oxygen atoms in total. The fourth-order valence-corrected chi connectivity index (χ4v) is 6.33. The third-order valence-electron chi connectivity index (χ3n) is 7.06. The lowest BCUT2D eigenvalue weighted by molar-refractivity contribution is 0.0499. The molecule has 1 radical (unpaired) electrons. The Kier molecular flexibility index (Phi) is 9.26. The number of carboxylic acid groups (broad SMARTS) is 1. The molecule has 2 unspecified atom stereocenters. The van der Waals surface area contributed by atoms with Crippen LogP contribution in [0.15, 0.2) is 97.1 Å². The molecule has 39 heavy (non-hydrogen) atoms. The van der Waals surface area contributed by atoms with Gasteiger partial charge in [0.15, 0.2) is 0 Å². The molecule has 0 heterocycles. The number of amides is 1. The Balaban J connectivity index is 1.65. The molecule has 1 amide bonds. The summed E-state index contributed by atoms with van der Waals surface area (Å²) in [6.45, 7) is 11.0. The Hall–Kier alpha value is -3.41. The van der Waals surface area contributed by atoms with E-state index in [2.05, 4.69) is 118 Å². The molecule has 0 aliphatic rings. The van der Waals surface area contributed by atoms with Gasteiger partial charge in [-0.25, -0.2) is 4.79 Å². The summed E-state index contributed by atoms with van der Waals surface area (Å²) in [5, 5.41) is 17.1. The predicted octanol–water partition coefficient (Wildman–Crippen LogP) is 8.27. The number of fused-ring (bicyclic) bond motifs is 2. The van der Waals surface area contributed by atoms with Gasteiger partial charge >= 0.3 is 6.09 Å². The molecule has 0 aliphatic carbocycles. The van der Waals surface area contributed by atoms with Crippen LogP contribution in [0.5, 0.6) is 0 Å². The topological polar surface area (TPSA) is 58.6 Å². The zero-order valence-corrected chi connectivity index (χ0v) is 24.6. The Morgan fingerprint density at radius 2 is 1.33 bits per heavy atom. The Labute approximate surface area is 234 Å². The zero-order chi connectivity index (χ0) is 28.0. The summed E-state index contributed by atoms with van der Waals surface area (Å²) >= 11 is 0. The summed E-state index contributed by atoms with van der Waals surface area (Å²) in [5.74, 6) is 0.0840. The number of hydrogen-bond donors (Lipinski definition) is 2. The normalized spacial score (nSPS) is 14.6. The van der Waals surface area contributed by atoms with Gasteiger partial charge in [0.2, 0.25) is 9.04 Å². The van der Waals surface area contributed by atoms with E-state index >= 15 is 0 Å². The summed E-state index contributed by atoms with van der Waals surface area (Å²) in [6, 6.07) is 29.3. The molecule has 0 bridgehead atoms. The van der Waals surface area contributed by atoms with Gasteiger partial charge in [0.05, 0.1) is 12.1 Å². The maximum Gasteiger partial charge on any atom is 0.405 e. The van der Waals surface area contributed by atoms with Gasteiger partial charge in [0, 0.05) is 5.92 Å². The third-order valence-corrected chi connectivity index (χ3v) is 7.78. The van der Waals surface area contributed by atoms with E-state index in [4.69, 9.17) is 4.43 Å². The van der Waals surface area contributed by atoms with Gasteiger partial charge in [-0.2, -0.15) is 0 Å². The number of benzene rings is 4. The second-order valence-electron chi connectivity index (χ2n) is 11.7. The number of nitrogens with one attached hydrogen (secondary N) is 1. The molecule has 0 aromatic heterocycles. The maximum atomic E-state index is 11.7. The van der Waals surface area contributed by atoms with Crippen LogP contribution in [0.3, 0.4) is 0 Å². The van der Waals surface area contributed by atoms with Crippen LogP contribution in [0.25, 0.3) is 21.5 Å². The van der Waals surface area contributed by atoms with Gasteiger partial charge < -0.3 is 14.8 Å². The molecule has 203 valence electrons. The molecule has 3 atom stereocenters. The lowest BCUT2D eigenvalue weighted by atomic mass is 9.78. The summed E-state index contributed by atoms with van der Waals surface area (Å²) in [6.07, 6.45) is 4.59. The van der Waals surface area contributed by atoms with Crippen molar-refractivity contribution in [3.63, 3.8) is 0 Å². The maximum absolute atomic E-state index is 11.7. The largest absolute Gasteiger partial charge is 0.465 e. The third kappa shape index (κ3) is 8.04. The van der Waals surface area contributed by atoms with Crippen LogP contribution in [0, 0.1) is 11.3 Å². The van der Waals surface area contributed by atoms with Crippen LogP contribution in [0.2, 0.25) is 13.1 Å². The molecule has 0 fully saturated rings. The minimum Gasteiger partial charge on any atom is -0.465 e. The van der Waals surface area contributed by atoms with Crippen LogP contribution in [-0.4, -0.2) is 32.4 Å². The zero-order valence-electron chi connectivity index (χ0n) is 23.6. The second kappa shape index (κ2) is 12.6. The fourth-order valence-electron chi connectivity index (χ4n) is 5.30. The van der Waals surface area contributed by atoms with E-state index in [9.17, 15) is 9.90 Å². The van der Waals surface area contributed by atoms with E-state index in [-0.39, 0.29) is 23.5 Å². The van der Waals surface area contributed by atoms with E-state index in [1.54, 1.807) is 0 Å². The van der Waals surface area contributed by atoms with E-state index in [0.717, 1.165) is 17.4 Å². The predicted molar refractivity (Wildman–Crippen MR) is 165 cm³/mol. The van der Waals surface area contributed by atoms with E-state index in [0.29, 0.717) is 6.42 Å². The molecule has 4 aromatic rings. The van der Waals surface area contributed by atoms with Crippen molar-refractivity contribution in [1.29, 1.82) is 0 Å². The van der Waals surface area contributed by atoms with Crippen LogP contribution < -0.4 is 5.32 Å². The Bertz CT molecular complexity index is 1440. The summed E-state index contributed by atoms with van der Waals surface area (Å²) in [4.78, 5) is 11.7.